The molecule has 0 spiro atoms. The van der Waals surface area contributed by atoms with Gasteiger partial charge in [-0.15, -0.1) is 0 Å². The van der Waals surface area contributed by atoms with Crippen molar-refractivity contribution in [2.24, 2.45) is 11.7 Å². The maximum Gasteiger partial charge on any atom is 0.267 e. The molecule has 2 fully saturated rings. The summed E-state index contributed by atoms with van der Waals surface area (Å²) in [5.41, 5.74) is 5.48. The van der Waals surface area contributed by atoms with Gasteiger partial charge < -0.3 is 20.7 Å². The van der Waals surface area contributed by atoms with Crippen molar-refractivity contribution in [1.82, 2.24) is 14.7 Å². The van der Waals surface area contributed by atoms with Crippen LogP contribution < -0.4 is 21.5 Å². The Balaban J connectivity index is 1.68. The molecule has 2 saturated heterocycles. The molecule has 0 aliphatic carbocycles. The third kappa shape index (κ3) is 4.88. The number of pyridine rings is 1. The van der Waals surface area contributed by atoms with Gasteiger partial charge in [-0.3, -0.25) is 18.8 Å². The van der Waals surface area contributed by atoms with Crippen molar-refractivity contribution in [2.45, 2.75) is 31.8 Å². The van der Waals surface area contributed by atoms with E-state index in [0.717, 1.165) is 12.8 Å². The van der Waals surface area contributed by atoms with Gasteiger partial charge in [-0.2, -0.15) is 5.26 Å². The summed E-state index contributed by atoms with van der Waals surface area (Å²) in [5, 5.41) is 12.4. The standard InChI is InChI=1S/C23H26N6O4/c24-13-16(22(31)26-14-17-4-3-11-33-17)12-18-21(28-9-6-15(7-10-28)20(25)30)27-19-5-1-2-8-29(19)23(18)32/h1-2,5,8,12,15,17H,3-4,6-7,9-11,14H2,(H2,25,30)(H,26,31)/b16-12+/t17-/m1/s1. The number of nitrogens with two attached hydrogens (primary N) is 1. The van der Waals surface area contributed by atoms with Crippen LogP contribution in [0.2, 0.25) is 0 Å². The molecule has 10 heteroatoms. The third-order valence-corrected chi connectivity index (χ3v) is 6.11. The number of aromatic nitrogens is 2. The predicted molar refractivity (Wildman–Crippen MR) is 121 cm³/mol. The van der Waals surface area contributed by atoms with Crippen LogP contribution in [0.15, 0.2) is 34.8 Å². The highest BCUT2D eigenvalue weighted by atomic mass is 16.5. The average Bonchev–Trinajstić information content (AvgIpc) is 3.36. The fourth-order valence-electron chi connectivity index (χ4n) is 4.23. The highest BCUT2D eigenvalue weighted by Crippen LogP contribution is 2.25. The van der Waals surface area contributed by atoms with Crippen LogP contribution in [0.3, 0.4) is 0 Å². The van der Waals surface area contributed by atoms with Crippen LogP contribution in [-0.4, -0.2) is 53.5 Å². The van der Waals surface area contributed by atoms with Crippen LogP contribution in [-0.2, 0) is 14.3 Å². The van der Waals surface area contributed by atoms with Gasteiger partial charge in [0, 0.05) is 38.4 Å². The highest BCUT2D eigenvalue weighted by molar-refractivity contribution is 6.02. The molecule has 3 N–H and O–H groups in total. The first-order chi connectivity index (χ1) is 16.0. The highest BCUT2D eigenvalue weighted by Gasteiger charge is 2.27. The Bertz CT molecular complexity index is 1180. The molecule has 2 aliphatic rings. The van der Waals surface area contributed by atoms with Crippen molar-refractivity contribution in [3.05, 3.63) is 45.9 Å². The van der Waals surface area contributed by atoms with Gasteiger partial charge in [0.05, 0.1) is 11.7 Å². The van der Waals surface area contributed by atoms with Gasteiger partial charge in [0.15, 0.2) is 0 Å². The lowest BCUT2D eigenvalue weighted by Crippen LogP contribution is -2.40. The molecule has 172 valence electrons. The molecule has 0 bridgehead atoms. The van der Waals surface area contributed by atoms with Gasteiger partial charge in [0.25, 0.3) is 11.5 Å². The lowest BCUT2D eigenvalue weighted by molar-refractivity contribution is -0.122. The minimum absolute atomic E-state index is 0.0658. The second kappa shape index (κ2) is 9.83. The van der Waals surface area contributed by atoms with Gasteiger partial charge in [0.1, 0.15) is 23.1 Å². The number of nitriles is 1. The van der Waals surface area contributed by atoms with E-state index >= 15 is 0 Å². The average molecular weight is 450 g/mol. The number of nitrogens with zero attached hydrogens (tertiary/aromatic N) is 4. The lowest BCUT2D eigenvalue weighted by Gasteiger charge is -2.32. The number of carbonyl (C=O) groups excluding carboxylic acids is 2. The summed E-state index contributed by atoms with van der Waals surface area (Å²) < 4.78 is 6.89. The summed E-state index contributed by atoms with van der Waals surface area (Å²) in [6, 6.07) is 7.11. The summed E-state index contributed by atoms with van der Waals surface area (Å²) in [5.74, 6) is -0.742. The fraction of sp³-hybridized carbons (Fsp3) is 0.435. The van der Waals surface area contributed by atoms with E-state index in [9.17, 15) is 19.6 Å². The van der Waals surface area contributed by atoms with Crippen LogP contribution in [0, 0.1) is 17.2 Å². The molecule has 4 rings (SSSR count). The SMILES string of the molecule is N#C/C(=C\c1c(N2CCC(C(N)=O)CC2)nc2ccccn2c1=O)C(=O)NC[C@H]1CCCO1. The minimum Gasteiger partial charge on any atom is -0.376 e. The van der Waals surface area contributed by atoms with Crippen molar-refractivity contribution >= 4 is 29.4 Å². The van der Waals surface area contributed by atoms with Crippen molar-refractivity contribution < 1.29 is 14.3 Å². The largest absolute Gasteiger partial charge is 0.376 e. The topological polar surface area (TPSA) is 143 Å². The zero-order valence-electron chi connectivity index (χ0n) is 18.2. The monoisotopic (exact) mass is 450 g/mol. The summed E-state index contributed by atoms with van der Waals surface area (Å²) in [7, 11) is 0. The van der Waals surface area contributed by atoms with Crippen molar-refractivity contribution in [3.63, 3.8) is 0 Å². The Morgan fingerprint density at radius 3 is 2.76 bits per heavy atom. The Hall–Kier alpha value is -3.71. The predicted octanol–water partition coefficient (Wildman–Crippen LogP) is 0.598. The number of nitrogens with one attached hydrogen (secondary N) is 1. The Labute approximate surface area is 190 Å². The van der Waals surface area contributed by atoms with Gasteiger partial charge in [-0.05, 0) is 43.9 Å². The number of amides is 2. The van der Waals surface area contributed by atoms with E-state index in [4.69, 9.17) is 10.5 Å². The molecule has 10 nitrogen and oxygen atoms in total. The van der Waals surface area contributed by atoms with E-state index in [1.54, 1.807) is 24.4 Å². The Morgan fingerprint density at radius 2 is 2.09 bits per heavy atom. The minimum atomic E-state index is -0.566. The zero-order valence-corrected chi connectivity index (χ0v) is 18.2. The van der Waals surface area contributed by atoms with Gasteiger partial charge in [0.2, 0.25) is 5.91 Å². The van der Waals surface area contributed by atoms with E-state index in [-0.39, 0.29) is 34.6 Å². The first-order valence-electron chi connectivity index (χ1n) is 11.0. The second-order valence-electron chi connectivity index (χ2n) is 8.26. The van der Waals surface area contributed by atoms with Crippen LogP contribution in [0.25, 0.3) is 11.7 Å². The molecule has 2 amide bonds. The molecule has 33 heavy (non-hydrogen) atoms. The van der Waals surface area contributed by atoms with E-state index in [1.807, 2.05) is 11.0 Å². The molecule has 4 heterocycles. The molecule has 1 atom stereocenters. The third-order valence-electron chi connectivity index (χ3n) is 6.11. The van der Waals surface area contributed by atoms with E-state index in [1.165, 1.54) is 10.5 Å². The van der Waals surface area contributed by atoms with Crippen molar-refractivity contribution in [3.8, 4) is 6.07 Å². The number of anilines is 1. The Kier molecular flexibility index (Phi) is 6.70. The number of piperidine rings is 1. The van der Waals surface area contributed by atoms with Gasteiger partial charge in [-0.1, -0.05) is 6.07 Å². The van der Waals surface area contributed by atoms with Crippen LogP contribution >= 0.6 is 0 Å². The van der Waals surface area contributed by atoms with E-state index < -0.39 is 5.91 Å². The maximum absolute atomic E-state index is 13.3. The molecule has 0 unspecified atom stereocenters. The van der Waals surface area contributed by atoms with Crippen molar-refractivity contribution in [1.29, 1.82) is 5.26 Å². The number of hydrogen-bond donors (Lipinski definition) is 2. The summed E-state index contributed by atoms with van der Waals surface area (Å²) in [6.07, 6.45) is 5.71. The molecule has 0 saturated carbocycles. The zero-order chi connectivity index (χ0) is 23.4. The van der Waals surface area contributed by atoms with Crippen LogP contribution in [0.1, 0.15) is 31.2 Å². The first-order valence-corrected chi connectivity index (χ1v) is 11.0. The summed E-state index contributed by atoms with van der Waals surface area (Å²) in [4.78, 5) is 44.1. The number of hydrogen-bond acceptors (Lipinski definition) is 7. The molecule has 2 aromatic rings. The molecular formula is C23H26N6O4. The normalized spacial score (nSPS) is 19.4. The smallest absolute Gasteiger partial charge is 0.267 e. The van der Waals surface area contributed by atoms with E-state index in [0.29, 0.717) is 50.5 Å². The first kappa shape index (κ1) is 22.5. The van der Waals surface area contributed by atoms with E-state index in [2.05, 4.69) is 10.3 Å². The van der Waals surface area contributed by atoms with Crippen molar-refractivity contribution in [2.75, 3.05) is 31.1 Å². The molecule has 2 aliphatic heterocycles. The Morgan fingerprint density at radius 1 is 1.30 bits per heavy atom. The quantitative estimate of drug-likeness (QED) is 0.484. The number of fused-ring (bicyclic) bond motifs is 1. The second-order valence-corrected chi connectivity index (χ2v) is 8.26. The number of primary amides is 1. The number of rotatable bonds is 6. The molecule has 0 radical (unpaired) electrons. The fourth-order valence-corrected chi connectivity index (χ4v) is 4.23. The van der Waals surface area contributed by atoms with Crippen LogP contribution in [0.4, 0.5) is 5.82 Å². The molecular weight excluding hydrogens is 424 g/mol. The summed E-state index contributed by atoms with van der Waals surface area (Å²) in [6.45, 7) is 1.94. The lowest BCUT2D eigenvalue weighted by atomic mass is 9.96. The molecule has 2 aromatic heterocycles. The molecule has 0 aromatic carbocycles. The van der Waals surface area contributed by atoms with Crippen LogP contribution in [0.5, 0.6) is 0 Å². The number of ether oxygens (including phenoxy) is 1. The summed E-state index contributed by atoms with van der Waals surface area (Å²) >= 11 is 0. The van der Waals surface area contributed by atoms with Gasteiger partial charge in [-0.25, -0.2) is 4.98 Å². The maximum atomic E-state index is 13.3. The number of carbonyl (C=O) groups is 2. The van der Waals surface area contributed by atoms with Gasteiger partial charge >= 0.3 is 0 Å².